The number of hydrogen-bond donors (Lipinski definition) is 1. The number of carbonyl (C=O) groups excluding carboxylic acids is 1. The van der Waals surface area contributed by atoms with Gasteiger partial charge in [-0.3, -0.25) is 14.4 Å². The van der Waals surface area contributed by atoms with Gasteiger partial charge in [0.15, 0.2) is 11.0 Å². The van der Waals surface area contributed by atoms with Crippen molar-refractivity contribution >= 4 is 22.8 Å². The second-order valence-corrected chi connectivity index (χ2v) is 7.57. The van der Waals surface area contributed by atoms with Crippen LogP contribution >= 0.6 is 0 Å². The highest BCUT2D eigenvalue weighted by molar-refractivity contribution is 6.05. The first-order chi connectivity index (χ1) is 13.9. The van der Waals surface area contributed by atoms with Gasteiger partial charge in [-0.1, -0.05) is 43.3 Å². The minimum atomic E-state index is -0.903. The summed E-state index contributed by atoms with van der Waals surface area (Å²) in [6.07, 6.45) is 0. The van der Waals surface area contributed by atoms with Crippen LogP contribution in [0.1, 0.15) is 22.8 Å². The van der Waals surface area contributed by atoms with Crippen molar-refractivity contribution in [2.24, 2.45) is 11.8 Å². The standard InChI is InChI=1S/C23H21NO5/c1-13-11-24(12-18(13)23(27)28)22(26)17-10-6-9-16-19(25)14(2)20(29-21(16)17)15-7-4-3-5-8-15/h3-10,13,18H,11-12H2,1-2H3,(H,27,28)/t13-,18-/m1/s1. The fourth-order valence-electron chi connectivity index (χ4n) is 3.97. The fourth-order valence-corrected chi connectivity index (χ4v) is 3.97. The first kappa shape index (κ1) is 18.9. The number of rotatable bonds is 3. The van der Waals surface area contributed by atoms with E-state index in [1.807, 2.05) is 37.3 Å². The molecule has 0 spiro atoms. The van der Waals surface area contributed by atoms with Crippen molar-refractivity contribution in [2.45, 2.75) is 13.8 Å². The summed E-state index contributed by atoms with van der Waals surface area (Å²) in [5.41, 5.74) is 1.56. The van der Waals surface area contributed by atoms with Crippen molar-refractivity contribution in [2.75, 3.05) is 13.1 Å². The molecule has 4 rings (SSSR count). The smallest absolute Gasteiger partial charge is 0.308 e. The van der Waals surface area contributed by atoms with E-state index in [-0.39, 0.29) is 34.9 Å². The van der Waals surface area contributed by atoms with Crippen LogP contribution in [0.2, 0.25) is 0 Å². The van der Waals surface area contributed by atoms with Crippen LogP contribution in [0.4, 0.5) is 0 Å². The summed E-state index contributed by atoms with van der Waals surface area (Å²) in [6, 6.07) is 14.2. The maximum absolute atomic E-state index is 13.2. The number of para-hydroxylation sites is 1. The van der Waals surface area contributed by atoms with Crippen LogP contribution in [0, 0.1) is 18.8 Å². The number of likely N-dealkylation sites (tertiary alicyclic amines) is 1. The SMILES string of the molecule is Cc1c(-c2ccccc2)oc2c(C(=O)N3C[C@@H](C)[C@H](C(=O)O)C3)cccc2c1=O. The van der Waals surface area contributed by atoms with Gasteiger partial charge in [0.25, 0.3) is 5.91 Å². The highest BCUT2D eigenvalue weighted by atomic mass is 16.4. The van der Waals surface area contributed by atoms with Crippen LogP contribution in [-0.4, -0.2) is 35.0 Å². The van der Waals surface area contributed by atoms with E-state index in [9.17, 15) is 19.5 Å². The Morgan fingerprint density at radius 1 is 1.07 bits per heavy atom. The van der Waals surface area contributed by atoms with Gasteiger partial charge in [0.1, 0.15) is 5.76 Å². The zero-order valence-electron chi connectivity index (χ0n) is 16.2. The van der Waals surface area contributed by atoms with Crippen molar-refractivity contribution < 1.29 is 19.1 Å². The molecule has 0 aliphatic carbocycles. The first-order valence-electron chi connectivity index (χ1n) is 9.52. The summed E-state index contributed by atoms with van der Waals surface area (Å²) in [5, 5.41) is 9.70. The van der Waals surface area contributed by atoms with Crippen LogP contribution in [-0.2, 0) is 4.79 Å². The van der Waals surface area contributed by atoms with Crippen LogP contribution in [0.5, 0.6) is 0 Å². The lowest BCUT2D eigenvalue weighted by Crippen LogP contribution is -2.30. The third kappa shape index (κ3) is 3.20. The molecule has 148 valence electrons. The second kappa shape index (κ2) is 7.20. The number of carbonyl (C=O) groups is 2. The van der Waals surface area contributed by atoms with E-state index >= 15 is 0 Å². The van der Waals surface area contributed by atoms with Gasteiger partial charge in [0.05, 0.1) is 16.9 Å². The van der Waals surface area contributed by atoms with E-state index in [4.69, 9.17) is 4.42 Å². The molecule has 1 amide bonds. The molecule has 2 aromatic carbocycles. The van der Waals surface area contributed by atoms with Crippen LogP contribution in [0.15, 0.2) is 57.7 Å². The van der Waals surface area contributed by atoms with Crippen LogP contribution in [0.3, 0.4) is 0 Å². The molecular formula is C23H21NO5. The molecule has 1 fully saturated rings. The van der Waals surface area contributed by atoms with Gasteiger partial charge < -0.3 is 14.4 Å². The van der Waals surface area contributed by atoms with Gasteiger partial charge >= 0.3 is 5.97 Å². The summed E-state index contributed by atoms with van der Waals surface area (Å²) >= 11 is 0. The first-order valence-corrected chi connectivity index (χ1v) is 9.52. The average molecular weight is 391 g/mol. The molecule has 0 unspecified atom stereocenters. The molecule has 6 nitrogen and oxygen atoms in total. The Labute approximate surface area is 167 Å². The van der Waals surface area contributed by atoms with Gasteiger partial charge in [-0.25, -0.2) is 0 Å². The molecular weight excluding hydrogens is 370 g/mol. The van der Waals surface area contributed by atoms with Crippen LogP contribution < -0.4 is 5.43 Å². The minimum absolute atomic E-state index is 0.138. The molecule has 1 aliphatic heterocycles. The number of nitrogens with zero attached hydrogens (tertiary/aromatic N) is 1. The molecule has 1 saturated heterocycles. The molecule has 3 aromatic rings. The molecule has 1 aliphatic rings. The van der Waals surface area contributed by atoms with E-state index in [0.717, 1.165) is 5.56 Å². The molecule has 2 heterocycles. The molecule has 2 atom stereocenters. The Kier molecular flexibility index (Phi) is 4.70. The highest BCUT2D eigenvalue weighted by Gasteiger charge is 2.37. The van der Waals surface area contributed by atoms with Gasteiger partial charge in [-0.15, -0.1) is 0 Å². The number of amides is 1. The molecule has 0 radical (unpaired) electrons. The summed E-state index contributed by atoms with van der Waals surface area (Å²) in [4.78, 5) is 39.1. The number of hydrogen-bond acceptors (Lipinski definition) is 4. The average Bonchev–Trinajstić information content (AvgIpc) is 3.12. The molecule has 0 saturated carbocycles. The Bertz CT molecular complexity index is 1170. The Balaban J connectivity index is 1.84. The molecule has 29 heavy (non-hydrogen) atoms. The van der Waals surface area contributed by atoms with Crippen molar-refractivity contribution in [3.63, 3.8) is 0 Å². The number of aliphatic carboxylic acids is 1. The van der Waals surface area contributed by atoms with E-state index < -0.39 is 11.9 Å². The monoisotopic (exact) mass is 391 g/mol. The normalized spacial score (nSPS) is 18.9. The molecule has 0 bridgehead atoms. The maximum atomic E-state index is 13.2. The summed E-state index contributed by atoms with van der Waals surface area (Å²) in [6.45, 7) is 4.04. The number of carboxylic acids is 1. The Morgan fingerprint density at radius 2 is 1.79 bits per heavy atom. The van der Waals surface area contributed by atoms with E-state index in [1.54, 1.807) is 25.1 Å². The maximum Gasteiger partial charge on any atom is 0.308 e. The van der Waals surface area contributed by atoms with Gasteiger partial charge in [0, 0.05) is 24.2 Å². The lowest BCUT2D eigenvalue weighted by molar-refractivity contribution is -0.142. The zero-order chi connectivity index (χ0) is 20.7. The van der Waals surface area contributed by atoms with Crippen molar-refractivity contribution in [1.82, 2.24) is 4.90 Å². The van der Waals surface area contributed by atoms with Crippen LogP contribution in [0.25, 0.3) is 22.3 Å². The Hall–Kier alpha value is -3.41. The van der Waals surface area contributed by atoms with Gasteiger partial charge in [-0.2, -0.15) is 0 Å². The topological polar surface area (TPSA) is 87.8 Å². The second-order valence-electron chi connectivity index (χ2n) is 7.57. The fraction of sp³-hybridized carbons (Fsp3) is 0.261. The van der Waals surface area contributed by atoms with Crippen molar-refractivity contribution in [3.8, 4) is 11.3 Å². The lowest BCUT2D eigenvalue weighted by atomic mass is 9.99. The summed E-state index contributed by atoms with van der Waals surface area (Å²) in [7, 11) is 0. The Morgan fingerprint density at radius 3 is 2.45 bits per heavy atom. The predicted octanol–water partition coefficient (Wildman–Crippen LogP) is 3.56. The highest BCUT2D eigenvalue weighted by Crippen LogP contribution is 2.30. The summed E-state index contributed by atoms with van der Waals surface area (Å²) < 4.78 is 6.11. The molecule has 1 aromatic heterocycles. The van der Waals surface area contributed by atoms with Gasteiger partial charge in [-0.05, 0) is 25.0 Å². The van der Waals surface area contributed by atoms with Crippen molar-refractivity contribution in [1.29, 1.82) is 0 Å². The van der Waals surface area contributed by atoms with E-state index in [1.165, 1.54) is 4.90 Å². The third-order valence-corrected chi connectivity index (χ3v) is 5.63. The zero-order valence-corrected chi connectivity index (χ0v) is 16.2. The number of benzene rings is 2. The summed E-state index contributed by atoms with van der Waals surface area (Å²) in [5.74, 6) is -1.53. The largest absolute Gasteiger partial charge is 0.481 e. The number of fused-ring (bicyclic) bond motifs is 1. The van der Waals surface area contributed by atoms with Crippen molar-refractivity contribution in [3.05, 3.63) is 69.9 Å². The molecule has 1 N–H and O–H groups in total. The lowest BCUT2D eigenvalue weighted by Gasteiger charge is -2.17. The number of carboxylic acid groups (broad SMARTS) is 1. The third-order valence-electron chi connectivity index (χ3n) is 5.63. The van der Waals surface area contributed by atoms with Gasteiger partial charge in [0.2, 0.25) is 0 Å². The van der Waals surface area contributed by atoms with E-state index in [2.05, 4.69) is 0 Å². The molecule has 6 heteroatoms. The van der Waals surface area contributed by atoms with E-state index in [0.29, 0.717) is 23.3 Å². The predicted molar refractivity (Wildman–Crippen MR) is 109 cm³/mol. The quantitative estimate of drug-likeness (QED) is 0.738. The minimum Gasteiger partial charge on any atom is -0.481 e.